The number of ether oxygens (including phenoxy) is 2. The molecule has 1 atom stereocenters. The molecule has 1 aromatic carbocycles. The number of hydrogen-bond acceptors (Lipinski definition) is 4. The van der Waals surface area contributed by atoms with Crippen LogP contribution in [0, 0.1) is 0 Å². The van der Waals surface area contributed by atoms with Gasteiger partial charge in [0.15, 0.2) is 5.78 Å². The van der Waals surface area contributed by atoms with Gasteiger partial charge in [0.1, 0.15) is 5.75 Å². The molecule has 1 aromatic rings. The first-order valence-electron chi connectivity index (χ1n) is 5.55. The number of carbonyl (C=O) groups is 2. The molecule has 0 bridgehead atoms. The molecule has 18 heavy (non-hydrogen) atoms. The second-order valence-electron chi connectivity index (χ2n) is 3.58. The Morgan fingerprint density at radius 1 is 1.39 bits per heavy atom. The van der Waals surface area contributed by atoms with E-state index in [1.807, 2.05) is 0 Å². The molecule has 1 unspecified atom stereocenters. The summed E-state index contributed by atoms with van der Waals surface area (Å²) in [5.74, 6) is -0.604. The van der Waals surface area contributed by atoms with Gasteiger partial charge in [-0.15, -0.1) is 11.6 Å². The third-order valence-corrected chi connectivity index (χ3v) is 2.55. The first kappa shape index (κ1) is 14.5. The molecule has 0 N–H and O–H groups in total. The van der Waals surface area contributed by atoms with Crippen LogP contribution >= 0.6 is 11.6 Å². The third kappa shape index (κ3) is 3.01. The fraction of sp³-hybridized carbons (Fsp3) is 0.385. The van der Waals surface area contributed by atoms with E-state index < -0.39 is 11.3 Å². The maximum Gasteiger partial charge on any atom is 0.338 e. The average molecular weight is 271 g/mol. The maximum atomic E-state index is 12.0. The van der Waals surface area contributed by atoms with Gasteiger partial charge in [0.2, 0.25) is 0 Å². The van der Waals surface area contributed by atoms with Gasteiger partial charge in [0.05, 0.1) is 30.2 Å². The fourth-order valence-electron chi connectivity index (χ4n) is 1.53. The third-order valence-electron chi connectivity index (χ3n) is 2.35. The van der Waals surface area contributed by atoms with Gasteiger partial charge in [0, 0.05) is 0 Å². The quantitative estimate of drug-likeness (QED) is 0.469. The summed E-state index contributed by atoms with van der Waals surface area (Å²) in [5.41, 5.74) is 0.342. The summed E-state index contributed by atoms with van der Waals surface area (Å²) in [5, 5.41) is -0.741. The van der Waals surface area contributed by atoms with Gasteiger partial charge in [-0.25, -0.2) is 4.79 Å². The van der Waals surface area contributed by atoms with Gasteiger partial charge < -0.3 is 9.47 Å². The van der Waals surface area contributed by atoms with Crippen LogP contribution in [0.15, 0.2) is 18.2 Å². The van der Waals surface area contributed by atoms with Crippen molar-refractivity contribution in [2.24, 2.45) is 0 Å². The van der Waals surface area contributed by atoms with E-state index in [0.29, 0.717) is 5.75 Å². The molecule has 5 heteroatoms. The predicted octanol–water partition coefficient (Wildman–Crippen LogP) is 2.68. The molecule has 0 aliphatic carbocycles. The summed E-state index contributed by atoms with van der Waals surface area (Å²) >= 11 is 5.79. The molecule has 98 valence electrons. The van der Waals surface area contributed by atoms with Gasteiger partial charge >= 0.3 is 5.97 Å². The summed E-state index contributed by atoms with van der Waals surface area (Å²) in [6.45, 7) is 3.48. The molecule has 0 saturated carbocycles. The molecule has 0 spiro atoms. The lowest BCUT2D eigenvalue weighted by atomic mass is 10.0. The molecule has 0 aromatic heterocycles. The summed E-state index contributed by atoms with van der Waals surface area (Å²) in [4.78, 5) is 23.8. The minimum atomic E-state index is -0.741. The molecule has 4 nitrogen and oxygen atoms in total. The Bertz CT molecular complexity index is 454. The molecule has 0 aliphatic heterocycles. The van der Waals surface area contributed by atoms with Gasteiger partial charge in [-0.1, -0.05) is 6.07 Å². The largest absolute Gasteiger partial charge is 0.496 e. The van der Waals surface area contributed by atoms with Crippen molar-refractivity contribution in [3.05, 3.63) is 29.3 Å². The number of Topliss-reactive ketones (excluding diaryl/α,β-unsaturated/α-hetero) is 1. The van der Waals surface area contributed by atoms with Crippen molar-refractivity contribution in [2.75, 3.05) is 13.7 Å². The first-order chi connectivity index (χ1) is 8.52. The number of carbonyl (C=O) groups excluding carboxylic acids is 2. The zero-order valence-corrected chi connectivity index (χ0v) is 11.3. The van der Waals surface area contributed by atoms with Crippen LogP contribution in [0.25, 0.3) is 0 Å². The zero-order valence-electron chi connectivity index (χ0n) is 10.5. The van der Waals surface area contributed by atoms with Crippen molar-refractivity contribution in [1.82, 2.24) is 0 Å². The Morgan fingerprint density at radius 3 is 2.56 bits per heavy atom. The zero-order chi connectivity index (χ0) is 13.7. The van der Waals surface area contributed by atoms with Crippen LogP contribution in [-0.4, -0.2) is 30.8 Å². The Hall–Kier alpha value is -1.55. The van der Waals surface area contributed by atoms with E-state index in [4.69, 9.17) is 21.1 Å². The molecule has 0 radical (unpaired) electrons. The van der Waals surface area contributed by atoms with Gasteiger partial charge in [-0.3, -0.25) is 4.79 Å². The number of benzene rings is 1. The molecule has 0 aliphatic rings. The smallest absolute Gasteiger partial charge is 0.338 e. The lowest BCUT2D eigenvalue weighted by Gasteiger charge is -2.13. The highest BCUT2D eigenvalue weighted by atomic mass is 35.5. The second kappa shape index (κ2) is 6.40. The minimum Gasteiger partial charge on any atom is -0.496 e. The van der Waals surface area contributed by atoms with Gasteiger partial charge in [0.25, 0.3) is 0 Å². The van der Waals surface area contributed by atoms with Gasteiger partial charge in [-0.05, 0) is 26.0 Å². The van der Waals surface area contributed by atoms with Crippen molar-refractivity contribution in [3.8, 4) is 5.75 Å². The van der Waals surface area contributed by atoms with E-state index in [1.165, 1.54) is 13.2 Å². The minimum absolute atomic E-state index is 0.168. The molecule has 0 heterocycles. The maximum absolute atomic E-state index is 12.0. The second-order valence-corrected chi connectivity index (χ2v) is 4.24. The number of ketones is 1. The summed E-state index contributed by atoms with van der Waals surface area (Å²) in [6, 6.07) is 4.75. The number of alkyl halides is 1. The Morgan fingerprint density at radius 2 is 2.06 bits per heavy atom. The number of halogens is 1. The summed E-state index contributed by atoms with van der Waals surface area (Å²) in [6.07, 6.45) is 0. The molecular weight excluding hydrogens is 256 g/mol. The highest BCUT2D eigenvalue weighted by Crippen LogP contribution is 2.25. The van der Waals surface area contributed by atoms with Crippen LogP contribution in [0.2, 0.25) is 0 Å². The number of hydrogen-bond donors (Lipinski definition) is 0. The molecule has 0 amide bonds. The lowest BCUT2D eigenvalue weighted by molar-refractivity contribution is 0.0522. The van der Waals surface area contributed by atoms with E-state index in [2.05, 4.69) is 0 Å². The molecular formula is C13H15ClO4. The van der Waals surface area contributed by atoms with Crippen LogP contribution in [0.1, 0.15) is 34.6 Å². The van der Waals surface area contributed by atoms with Gasteiger partial charge in [-0.2, -0.15) is 0 Å². The van der Waals surface area contributed by atoms with Crippen LogP contribution in [0.5, 0.6) is 5.75 Å². The van der Waals surface area contributed by atoms with E-state index in [9.17, 15) is 9.59 Å². The van der Waals surface area contributed by atoms with E-state index in [-0.39, 0.29) is 23.5 Å². The van der Waals surface area contributed by atoms with Crippen molar-refractivity contribution in [3.63, 3.8) is 0 Å². The van der Waals surface area contributed by atoms with Crippen LogP contribution < -0.4 is 4.74 Å². The fourth-order valence-corrected chi connectivity index (χ4v) is 1.64. The van der Waals surface area contributed by atoms with Crippen molar-refractivity contribution >= 4 is 23.4 Å². The van der Waals surface area contributed by atoms with Crippen LogP contribution in [0.4, 0.5) is 0 Å². The van der Waals surface area contributed by atoms with E-state index in [0.717, 1.165) is 0 Å². The number of esters is 1. The van der Waals surface area contributed by atoms with Crippen LogP contribution in [-0.2, 0) is 4.74 Å². The highest BCUT2D eigenvalue weighted by Gasteiger charge is 2.25. The van der Waals surface area contributed by atoms with E-state index >= 15 is 0 Å². The SMILES string of the molecule is CCOC(=O)c1cccc(OC)c1C(=O)C(C)Cl. The molecule has 0 saturated heterocycles. The number of methoxy groups -OCH3 is 1. The Labute approximate surface area is 111 Å². The summed E-state index contributed by atoms with van der Waals surface area (Å²) in [7, 11) is 1.43. The van der Waals surface area contributed by atoms with E-state index in [1.54, 1.807) is 26.0 Å². The van der Waals surface area contributed by atoms with Crippen LogP contribution in [0.3, 0.4) is 0 Å². The predicted molar refractivity (Wildman–Crippen MR) is 68.6 cm³/mol. The topological polar surface area (TPSA) is 52.6 Å². The molecule has 0 fully saturated rings. The highest BCUT2D eigenvalue weighted by molar-refractivity contribution is 6.34. The Kier molecular flexibility index (Phi) is 5.16. The standard InChI is InChI=1S/C13H15ClO4/c1-4-18-13(16)9-6-5-7-10(17-3)11(9)12(15)8(2)14/h5-8H,4H2,1-3H3. The molecule has 1 rings (SSSR count). The first-order valence-corrected chi connectivity index (χ1v) is 5.99. The average Bonchev–Trinajstić information content (AvgIpc) is 2.37. The Balaban J connectivity index is 3.33. The summed E-state index contributed by atoms with van der Waals surface area (Å²) < 4.78 is 10.0. The lowest BCUT2D eigenvalue weighted by Crippen LogP contribution is -2.18. The normalized spacial score (nSPS) is 11.8. The van der Waals surface area contributed by atoms with Crippen molar-refractivity contribution < 1.29 is 19.1 Å². The van der Waals surface area contributed by atoms with Crippen molar-refractivity contribution in [1.29, 1.82) is 0 Å². The van der Waals surface area contributed by atoms with Crippen molar-refractivity contribution in [2.45, 2.75) is 19.2 Å². The number of rotatable bonds is 5. The monoisotopic (exact) mass is 270 g/mol.